The van der Waals surface area contributed by atoms with Gasteiger partial charge in [0.2, 0.25) is 5.09 Å². The van der Waals surface area contributed by atoms with Crippen LogP contribution in [0.3, 0.4) is 0 Å². The zero-order valence-electron chi connectivity index (χ0n) is 10.4. The predicted octanol–water partition coefficient (Wildman–Crippen LogP) is 1.43. The van der Waals surface area contributed by atoms with Crippen LogP contribution in [0.2, 0.25) is 0 Å². The number of halogens is 1. The first kappa shape index (κ1) is 14.9. The number of nitrogens with zero attached hydrogens (tertiary/aromatic N) is 1. The minimum absolute atomic E-state index is 0.0172. The largest absolute Gasteiger partial charge is 0.441 e. The topological polar surface area (TPSA) is 109 Å². The molecule has 21 heavy (non-hydrogen) atoms. The summed E-state index contributed by atoms with van der Waals surface area (Å²) in [5, 5.41) is 2.84. The lowest BCUT2D eigenvalue weighted by atomic mass is 10.2. The molecule has 2 N–H and O–H groups in total. The summed E-state index contributed by atoms with van der Waals surface area (Å²) in [5.74, 6) is -1.49. The van der Waals surface area contributed by atoms with Crippen LogP contribution >= 0.6 is 0 Å². The van der Waals surface area contributed by atoms with Crippen molar-refractivity contribution in [3.8, 4) is 0 Å². The van der Waals surface area contributed by atoms with Crippen molar-refractivity contribution < 1.29 is 26.6 Å². The minimum Gasteiger partial charge on any atom is -0.441 e. The predicted molar refractivity (Wildman–Crippen MR) is 70.0 cm³/mol. The molecule has 0 atom stereocenters. The highest BCUT2D eigenvalue weighted by atomic mass is 32.2. The van der Waals surface area contributed by atoms with E-state index in [1.165, 1.54) is 24.3 Å². The lowest BCUT2D eigenvalue weighted by Gasteiger charge is -2.00. The molecule has 1 amide bonds. The van der Waals surface area contributed by atoms with Gasteiger partial charge in [0.05, 0.1) is 11.8 Å². The van der Waals surface area contributed by atoms with Crippen LogP contribution in [0, 0.1) is 5.82 Å². The van der Waals surface area contributed by atoms with E-state index in [9.17, 15) is 17.6 Å². The monoisotopic (exact) mass is 312 g/mol. The van der Waals surface area contributed by atoms with Crippen LogP contribution in [-0.2, 0) is 10.1 Å². The normalized spacial score (nSPS) is 11.7. The standard InChI is InChI=1S/C12H9FN2O5S/c13-10-4-2-1-3-9(10)12(16)15-14-7-8-5-6-11(20-8)21(17,18)19/h1-7H,(H,15,16)(H,17,18,19)/b14-7-. The summed E-state index contributed by atoms with van der Waals surface area (Å²) in [7, 11) is -4.44. The van der Waals surface area contributed by atoms with E-state index < -0.39 is 26.9 Å². The summed E-state index contributed by atoms with van der Waals surface area (Å²) in [6.45, 7) is 0. The van der Waals surface area contributed by atoms with Crippen LogP contribution in [-0.4, -0.2) is 25.1 Å². The van der Waals surface area contributed by atoms with Gasteiger partial charge in [-0.15, -0.1) is 0 Å². The van der Waals surface area contributed by atoms with Crippen LogP contribution in [0.4, 0.5) is 4.39 Å². The van der Waals surface area contributed by atoms with Crippen molar-refractivity contribution in [3.05, 3.63) is 53.5 Å². The van der Waals surface area contributed by atoms with E-state index in [2.05, 4.69) is 10.5 Å². The second kappa shape index (κ2) is 5.85. The maximum absolute atomic E-state index is 13.3. The van der Waals surface area contributed by atoms with E-state index in [4.69, 9.17) is 8.97 Å². The summed E-state index contributed by atoms with van der Waals surface area (Å²) in [6, 6.07) is 7.59. The Morgan fingerprint density at radius 2 is 2.00 bits per heavy atom. The average molecular weight is 312 g/mol. The maximum atomic E-state index is 13.3. The number of nitrogens with one attached hydrogen (secondary N) is 1. The fraction of sp³-hybridized carbons (Fsp3) is 0. The van der Waals surface area contributed by atoms with Gasteiger partial charge in [0.1, 0.15) is 11.6 Å². The molecule has 0 spiro atoms. The van der Waals surface area contributed by atoms with Gasteiger partial charge in [0, 0.05) is 0 Å². The summed E-state index contributed by atoms with van der Waals surface area (Å²) in [5.41, 5.74) is 1.87. The number of amides is 1. The van der Waals surface area contributed by atoms with E-state index in [1.54, 1.807) is 0 Å². The fourth-order valence-corrected chi connectivity index (χ4v) is 1.84. The summed E-state index contributed by atoms with van der Waals surface area (Å²) >= 11 is 0. The van der Waals surface area contributed by atoms with Crippen LogP contribution in [0.25, 0.3) is 0 Å². The zero-order chi connectivity index (χ0) is 15.5. The molecule has 0 unspecified atom stereocenters. The molecule has 0 aliphatic rings. The Hall–Kier alpha value is -2.52. The van der Waals surface area contributed by atoms with Crippen molar-refractivity contribution in [3.63, 3.8) is 0 Å². The number of carbonyl (C=O) groups excluding carboxylic acids is 1. The van der Waals surface area contributed by atoms with Crippen LogP contribution in [0.1, 0.15) is 16.1 Å². The van der Waals surface area contributed by atoms with E-state index in [-0.39, 0.29) is 11.3 Å². The number of rotatable bonds is 4. The third kappa shape index (κ3) is 3.74. The third-order valence-corrected chi connectivity index (χ3v) is 3.06. The molecule has 0 aliphatic carbocycles. The Morgan fingerprint density at radius 3 is 2.62 bits per heavy atom. The molecular formula is C12H9FN2O5S. The van der Waals surface area contributed by atoms with Crippen molar-refractivity contribution in [1.82, 2.24) is 5.43 Å². The molecule has 0 saturated heterocycles. The molecule has 0 radical (unpaired) electrons. The number of hydrazone groups is 1. The quantitative estimate of drug-likeness (QED) is 0.504. The van der Waals surface area contributed by atoms with Gasteiger partial charge in [0.15, 0.2) is 0 Å². The molecule has 110 valence electrons. The smallest absolute Gasteiger partial charge is 0.328 e. The van der Waals surface area contributed by atoms with Crippen LogP contribution in [0.5, 0.6) is 0 Å². The number of hydrogen-bond acceptors (Lipinski definition) is 5. The van der Waals surface area contributed by atoms with Crippen molar-refractivity contribution in [1.29, 1.82) is 0 Å². The van der Waals surface area contributed by atoms with Crippen molar-refractivity contribution in [2.75, 3.05) is 0 Å². The maximum Gasteiger partial charge on any atom is 0.328 e. The minimum atomic E-state index is -4.44. The highest BCUT2D eigenvalue weighted by Crippen LogP contribution is 2.11. The van der Waals surface area contributed by atoms with Crippen molar-refractivity contribution in [2.24, 2.45) is 5.10 Å². The van der Waals surface area contributed by atoms with Gasteiger partial charge < -0.3 is 4.42 Å². The zero-order valence-corrected chi connectivity index (χ0v) is 11.2. The Kier molecular flexibility index (Phi) is 4.15. The number of carbonyl (C=O) groups is 1. The molecule has 1 heterocycles. The fourth-order valence-electron chi connectivity index (χ4n) is 1.40. The van der Waals surface area contributed by atoms with E-state index in [0.29, 0.717) is 0 Å². The first-order valence-corrected chi connectivity index (χ1v) is 6.97. The van der Waals surface area contributed by atoms with E-state index in [0.717, 1.165) is 18.3 Å². The first-order valence-electron chi connectivity index (χ1n) is 5.53. The van der Waals surface area contributed by atoms with Crippen LogP contribution < -0.4 is 5.43 Å². The molecule has 9 heteroatoms. The molecule has 0 fully saturated rings. The molecule has 0 aliphatic heterocycles. The van der Waals surface area contributed by atoms with Crippen molar-refractivity contribution in [2.45, 2.75) is 5.09 Å². The second-order valence-corrected chi connectivity index (χ2v) is 5.16. The van der Waals surface area contributed by atoms with E-state index >= 15 is 0 Å². The second-order valence-electron chi connectivity index (χ2n) is 3.81. The lowest BCUT2D eigenvalue weighted by Crippen LogP contribution is -2.18. The molecule has 1 aromatic carbocycles. The van der Waals surface area contributed by atoms with Gasteiger partial charge in [-0.3, -0.25) is 9.35 Å². The van der Waals surface area contributed by atoms with Gasteiger partial charge in [-0.2, -0.15) is 13.5 Å². The molecular weight excluding hydrogens is 303 g/mol. The molecule has 0 bridgehead atoms. The van der Waals surface area contributed by atoms with Gasteiger partial charge in [-0.25, -0.2) is 9.82 Å². The highest BCUT2D eigenvalue weighted by Gasteiger charge is 2.14. The summed E-state index contributed by atoms with van der Waals surface area (Å²) in [6.07, 6.45) is 1.01. The molecule has 2 rings (SSSR count). The highest BCUT2D eigenvalue weighted by molar-refractivity contribution is 7.85. The number of benzene rings is 1. The van der Waals surface area contributed by atoms with Gasteiger partial charge in [-0.05, 0) is 24.3 Å². The molecule has 2 aromatic rings. The Morgan fingerprint density at radius 1 is 1.29 bits per heavy atom. The molecule has 0 saturated carbocycles. The first-order chi connectivity index (χ1) is 9.88. The summed E-state index contributed by atoms with van der Waals surface area (Å²) < 4.78 is 48.3. The number of furan rings is 1. The average Bonchev–Trinajstić information content (AvgIpc) is 2.88. The van der Waals surface area contributed by atoms with E-state index in [1.807, 2.05) is 0 Å². The third-order valence-electron chi connectivity index (χ3n) is 2.33. The molecule has 1 aromatic heterocycles. The lowest BCUT2D eigenvalue weighted by molar-refractivity contribution is 0.0951. The van der Waals surface area contributed by atoms with Crippen LogP contribution in [0.15, 0.2) is 51.0 Å². The Bertz CT molecular complexity index is 797. The van der Waals surface area contributed by atoms with Gasteiger partial charge in [-0.1, -0.05) is 12.1 Å². The number of hydrogen-bond donors (Lipinski definition) is 2. The Labute approximate surface area is 118 Å². The van der Waals surface area contributed by atoms with Gasteiger partial charge in [0.25, 0.3) is 5.91 Å². The van der Waals surface area contributed by atoms with Gasteiger partial charge >= 0.3 is 10.1 Å². The van der Waals surface area contributed by atoms with Crippen molar-refractivity contribution >= 4 is 22.2 Å². The Balaban J connectivity index is 2.05. The molecule has 7 nitrogen and oxygen atoms in total. The summed E-state index contributed by atoms with van der Waals surface area (Å²) in [4.78, 5) is 11.6. The SMILES string of the molecule is O=C(N/N=C\c1ccc(S(=O)(=O)O)o1)c1ccccc1F.